The largest absolute Gasteiger partial charge is 0.493 e. The standard InChI is InChI=1S/C21H24N2O5/c1-3-27-18-11-7-6-10-17(18)21(26)23-13-20(25)28-14-19(24)22-12-16-9-5-4-8-15(16)2/h4-11H,3,12-14H2,1-2H3,(H,22,24)(H,23,26). The molecule has 0 aliphatic rings. The first-order chi connectivity index (χ1) is 13.5. The number of carbonyl (C=O) groups excluding carboxylic acids is 3. The van der Waals surface area contributed by atoms with Crippen LogP contribution in [0.2, 0.25) is 0 Å². The lowest BCUT2D eigenvalue weighted by atomic mass is 10.1. The molecular weight excluding hydrogens is 360 g/mol. The quantitative estimate of drug-likeness (QED) is 0.645. The van der Waals surface area contributed by atoms with Gasteiger partial charge in [0.1, 0.15) is 12.3 Å². The highest BCUT2D eigenvalue weighted by Crippen LogP contribution is 2.17. The molecule has 7 heteroatoms. The first-order valence-corrected chi connectivity index (χ1v) is 8.98. The van der Waals surface area contributed by atoms with Crippen LogP contribution in [0.15, 0.2) is 48.5 Å². The van der Waals surface area contributed by atoms with Crippen molar-refractivity contribution in [3.63, 3.8) is 0 Å². The molecule has 2 amide bonds. The van der Waals surface area contributed by atoms with Gasteiger partial charge in [0.15, 0.2) is 6.61 Å². The SMILES string of the molecule is CCOc1ccccc1C(=O)NCC(=O)OCC(=O)NCc1ccccc1C. The Hall–Kier alpha value is -3.35. The van der Waals surface area contributed by atoms with Gasteiger partial charge >= 0.3 is 5.97 Å². The Labute approximate surface area is 164 Å². The number of amides is 2. The van der Waals surface area contributed by atoms with Crippen molar-refractivity contribution in [2.24, 2.45) is 0 Å². The summed E-state index contributed by atoms with van der Waals surface area (Å²) in [6.07, 6.45) is 0. The molecule has 0 spiro atoms. The molecule has 2 N–H and O–H groups in total. The lowest BCUT2D eigenvalue weighted by Gasteiger charge is -2.11. The van der Waals surface area contributed by atoms with Crippen LogP contribution in [0.5, 0.6) is 5.75 Å². The van der Waals surface area contributed by atoms with Crippen molar-refractivity contribution >= 4 is 17.8 Å². The van der Waals surface area contributed by atoms with E-state index in [1.165, 1.54) is 0 Å². The average Bonchev–Trinajstić information content (AvgIpc) is 2.70. The zero-order valence-electron chi connectivity index (χ0n) is 16.0. The lowest BCUT2D eigenvalue weighted by Crippen LogP contribution is -2.34. The highest BCUT2D eigenvalue weighted by molar-refractivity contribution is 5.98. The van der Waals surface area contributed by atoms with Gasteiger partial charge in [-0.2, -0.15) is 0 Å². The Morgan fingerprint density at radius 1 is 0.964 bits per heavy atom. The minimum absolute atomic E-state index is 0.327. The van der Waals surface area contributed by atoms with Crippen molar-refractivity contribution in [2.75, 3.05) is 19.8 Å². The molecule has 0 radical (unpaired) electrons. The predicted molar refractivity (Wildman–Crippen MR) is 104 cm³/mol. The normalized spacial score (nSPS) is 10.1. The van der Waals surface area contributed by atoms with Gasteiger partial charge in [-0.25, -0.2) is 0 Å². The third-order valence-electron chi connectivity index (χ3n) is 3.93. The van der Waals surface area contributed by atoms with E-state index in [1.54, 1.807) is 24.3 Å². The van der Waals surface area contributed by atoms with Crippen LogP contribution in [0.3, 0.4) is 0 Å². The zero-order valence-corrected chi connectivity index (χ0v) is 16.0. The van der Waals surface area contributed by atoms with Gasteiger partial charge in [-0.05, 0) is 37.1 Å². The summed E-state index contributed by atoms with van der Waals surface area (Å²) in [4.78, 5) is 35.8. The smallest absolute Gasteiger partial charge is 0.325 e. The fourth-order valence-corrected chi connectivity index (χ4v) is 2.43. The summed E-state index contributed by atoms with van der Waals surface area (Å²) in [6, 6.07) is 14.4. The van der Waals surface area contributed by atoms with Crippen molar-refractivity contribution < 1.29 is 23.9 Å². The van der Waals surface area contributed by atoms with E-state index < -0.39 is 24.4 Å². The molecule has 0 bridgehead atoms. The molecule has 0 atom stereocenters. The maximum Gasteiger partial charge on any atom is 0.325 e. The first kappa shape index (κ1) is 21.0. The molecule has 0 unspecified atom stereocenters. The van der Waals surface area contributed by atoms with Gasteiger partial charge < -0.3 is 20.1 Å². The number of rotatable bonds is 9. The van der Waals surface area contributed by atoms with Gasteiger partial charge in [0.2, 0.25) is 0 Å². The molecule has 148 valence electrons. The van der Waals surface area contributed by atoms with E-state index in [0.29, 0.717) is 24.5 Å². The van der Waals surface area contributed by atoms with Crippen LogP contribution in [-0.4, -0.2) is 37.5 Å². The summed E-state index contributed by atoms with van der Waals surface area (Å²) < 4.78 is 10.3. The average molecular weight is 384 g/mol. The number of ether oxygens (including phenoxy) is 2. The summed E-state index contributed by atoms with van der Waals surface area (Å²) in [5, 5.41) is 5.15. The van der Waals surface area contributed by atoms with Gasteiger partial charge in [0.25, 0.3) is 11.8 Å². The number of carbonyl (C=O) groups is 3. The van der Waals surface area contributed by atoms with Gasteiger partial charge in [-0.15, -0.1) is 0 Å². The Morgan fingerprint density at radius 2 is 1.68 bits per heavy atom. The van der Waals surface area contributed by atoms with Gasteiger partial charge in [-0.3, -0.25) is 14.4 Å². The van der Waals surface area contributed by atoms with Crippen LogP contribution in [-0.2, 0) is 20.9 Å². The molecule has 0 saturated carbocycles. The molecule has 28 heavy (non-hydrogen) atoms. The minimum atomic E-state index is -0.701. The number of hydrogen-bond donors (Lipinski definition) is 2. The van der Waals surface area contributed by atoms with E-state index in [2.05, 4.69) is 10.6 Å². The fourth-order valence-electron chi connectivity index (χ4n) is 2.43. The molecule has 0 saturated heterocycles. The molecule has 0 heterocycles. The molecule has 0 fully saturated rings. The second-order valence-corrected chi connectivity index (χ2v) is 5.98. The molecule has 0 aromatic heterocycles. The second kappa shape index (κ2) is 10.7. The Kier molecular flexibility index (Phi) is 8.02. The summed E-state index contributed by atoms with van der Waals surface area (Å²) >= 11 is 0. The summed E-state index contributed by atoms with van der Waals surface area (Å²) in [5.41, 5.74) is 2.38. The molecule has 7 nitrogen and oxygen atoms in total. The van der Waals surface area contributed by atoms with E-state index in [4.69, 9.17) is 9.47 Å². The number of nitrogens with one attached hydrogen (secondary N) is 2. The summed E-state index contributed by atoms with van der Waals surface area (Å²) in [7, 11) is 0. The molecule has 2 aromatic carbocycles. The summed E-state index contributed by atoms with van der Waals surface area (Å²) in [5.74, 6) is -1.13. The fraction of sp³-hybridized carbons (Fsp3) is 0.286. The van der Waals surface area contributed by atoms with E-state index >= 15 is 0 Å². The predicted octanol–water partition coefficient (Wildman–Crippen LogP) is 1.98. The first-order valence-electron chi connectivity index (χ1n) is 8.98. The van der Waals surface area contributed by atoms with Crippen molar-refractivity contribution in [3.8, 4) is 5.75 Å². The van der Waals surface area contributed by atoms with Crippen LogP contribution in [0, 0.1) is 6.92 Å². The highest BCUT2D eigenvalue weighted by atomic mass is 16.5. The van der Waals surface area contributed by atoms with Crippen LogP contribution in [0.4, 0.5) is 0 Å². The van der Waals surface area contributed by atoms with Gasteiger partial charge in [0.05, 0.1) is 12.2 Å². The molecule has 0 aliphatic carbocycles. The zero-order chi connectivity index (χ0) is 20.4. The third-order valence-corrected chi connectivity index (χ3v) is 3.93. The van der Waals surface area contributed by atoms with Crippen molar-refractivity contribution in [2.45, 2.75) is 20.4 Å². The maximum absolute atomic E-state index is 12.2. The van der Waals surface area contributed by atoms with Crippen LogP contribution in [0.25, 0.3) is 0 Å². The Bertz CT molecular complexity index is 835. The molecule has 2 rings (SSSR count). The monoisotopic (exact) mass is 384 g/mol. The molecule has 2 aromatic rings. The maximum atomic E-state index is 12.2. The van der Waals surface area contributed by atoms with Crippen LogP contribution < -0.4 is 15.4 Å². The highest BCUT2D eigenvalue weighted by Gasteiger charge is 2.14. The van der Waals surface area contributed by atoms with E-state index in [1.807, 2.05) is 38.1 Å². The number of aryl methyl sites for hydroxylation is 1. The number of esters is 1. The van der Waals surface area contributed by atoms with E-state index in [9.17, 15) is 14.4 Å². The Balaban J connectivity index is 1.73. The molecule has 0 aliphatic heterocycles. The minimum Gasteiger partial charge on any atom is -0.493 e. The number of benzene rings is 2. The number of hydrogen-bond acceptors (Lipinski definition) is 5. The number of para-hydroxylation sites is 1. The van der Waals surface area contributed by atoms with Crippen LogP contribution >= 0.6 is 0 Å². The summed E-state index contributed by atoms with van der Waals surface area (Å²) in [6.45, 7) is 3.79. The second-order valence-electron chi connectivity index (χ2n) is 5.98. The van der Waals surface area contributed by atoms with Gasteiger partial charge in [-0.1, -0.05) is 36.4 Å². The van der Waals surface area contributed by atoms with Crippen molar-refractivity contribution in [1.82, 2.24) is 10.6 Å². The lowest BCUT2D eigenvalue weighted by molar-refractivity contribution is -0.147. The Morgan fingerprint density at radius 3 is 2.43 bits per heavy atom. The van der Waals surface area contributed by atoms with Crippen LogP contribution in [0.1, 0.15) is 28.4 Å². The van der Waals surface area contributed by atoms with Crippen molar-refractivity contribution in [1.29, 1.82) is 0 Å². The van der Waals surface area contributed by atoms with Gasteiger partial charge in [0, 0.05) is 6.54 Å². The topological polar surface area (TPSA) is 93.7 Å². The van der Waals surface area contributed by atoms with E-state index in [0.717, 1.165) is 11.1 Å². The van der Waals surface area contributed by atoms with Crippen molar-refractivity contribution in [3.05, 3.63) is 65.2 Å². The van der Waals surface area contributed by atoms with E-state index in [-0.39, 0.29) is 6.54 Å². The molecular formula is C21H24N2O5. The third kappa shape index (κ3) is 6.42.